The molecule has 3 rings (SSSR count). The first-order valence-corrected chi connectivity index (χ1v) is 9.40. The van der Waals surface area contributed by atoms with Gasteiger partial charge in [-0.1, -0.05) is 53.3 Å². The molecule has 0 saturated heterocycles. The largest absolute Gasteiger partial charge is 0.461 e. The summed E-state index contributed by atoms with van der Waals surface area (Å²) in [6, 6.07) is 16.8. The van der Waals surface area contributed by atoms with E-state index < -0.39 is 5.97 Å². The second kappa shape index (κ2) is 9.16. The van der Waals surface area contributed by atoms with E-state index in [1.54, 1.807) is 25.3 Å². The van der Waals surface area contributed by atoms with E-state index in [1.807, 2.05) is 42.5 Å². The molecule has 1 heterocycles. The summed E-state index contributed by atoms with van der Waals surface area (Å²) in [4.78, 5) is 17.2. The lowest BCUT2D eigenvalue weighted by Gasteiger charge is -2.06. The minimum Gasteiger partial charge on any atom is -0.461 e. The van der Waals surface area contributed by atoms with Crippen LogP contribution < -0.4 is 10.7 Å². The molecular weight excluding hydrogens is 384 g/mol. The Hall–Kier alpha value is -2.90. The van der Waals surface area contributed by atoms with Gasteiger partial charge in [-0.15, -0.1) is 0 Å². The summed E-state index contributed by atoms with van der Waals surface area (Å²) in [6.45, 7) is 1.99. The van der Waals surface area contributed by atoms with Crippen LogP contribution in [-0.4, -0.2) is 23.3 Å². The fourth-order valence-corrected chi connectivity index (χ4v) is 3.15. The van der Waals surface area contributed by atoms with Crippen LogP contribution in [0.25, 0.3) is 0 Å². The Labute approximate surface area is 165 Å². The fourth-order valence-electron chi connectivity index (χ4n) is 2.16. The van der Waals surface area contributed by atoms with Crippen LogP contribution in [0.4, 0.5) is 16.5 Å². The van der Waals surface area contributed by atoms with Crippen LogP contribution >= 0.6 is 22.9 Å². The Morgan fingerprint density at radius 1 is 1.19 bits per heavy atom. The Morgan fingerprint density at radius 2 is 1.93 bits per heavy atom. The minimum atomic E-state index is -0.535. The van der Waals surface area contributed by atoms with Gasteiger partial charge in [0.25, 0.3) is 0 Å². The van der Waals surface area contributed by atoms with E-state index in [1.165, 1.54) is 11.3 Å². The van der Waals surface area contributed by atoms with Crippen molar-refractivity contribution >= 4 is 51.1 Å². The molecule has 0 atom stereocenters. The van der Waals surface area contributed by atoms with Crippen molar-refractivity contribution in [2.45, 2.75) is 6.92 Å². The lowest BCUT2D eigenvalue weighted by molar-refractivity contribution is -0.134. The van der Waals surface area contributed by atoms with E-state index in [9.17, 15) is 4.79 Å². The first-order chi connectivity index (χ1) is 13.2. The van der Waals surface area contributed by atoms with E-state index in [0.29, 0.717) is 20.7 Å². The number of ether oxygens (including phenoxy) is 1. The molecule has 2 N–H and O–H groups in total. The molecule has 0 aliphatic heterocycles. The monoisotopic (exact) mass is 400 g/mol. The minimum absolute atomic E-state index is 0.135. The molecule has 8 heteroatoms. The number of para-hydroxylation sites is 2. The van der Waals surface area contributed by atoms with E-state index in [2.05, 4.69) is 20.8 Å². The first kappa shape index (κ1) is 18.9. The molecule has 3 aromatic rings. The number of aromatic nitrogens is 1. The van der Waals surface area contributed by atoms with E-state index in [-0.39, 0.29) is 12.3 Å². The zero-order valence-electron chi connectivity index (χ0n) is 14.5. The summed E-state index contributed by atoms with van der Waals surface area (Å²) in [5, 5.41) is 8.55. The Balaban J connectivity index is 1.84. The summed E-state index contributed by atoms with van der Waals surface area (Å²) in [5.41, 5.74) is 4.45. The molecule has 0 fully saturated rings. The van der Waals surface area contributed by atoms with Gasteiger partial charge < -0.3 is 10.1 Å². The molecule has 0 bridgehead atoms. The van der Waals surface area contributed by atoms with Gasteiger partial charge in [0.05, 0.1) is 28.4 Å². The summed E-state index contributed by atoms with van der Waals surface area (Å²) in [6.07, 6.45) is 1.58. The van der Waals surface area contributed by atoms with Crippen molar-refractivity contribution < 1.29 is 9.53 Å². The van der Waals surface area contributed by atoms with Gasteiger partial charge in [0.1, 0.15) is 0 Å². The molecule has 0 unspecified atom stereocenters. The number of benzene rings is 2. The Morgan fingerprint density at radius 3 is 2.67 bits per heavy atom. The van der Waals surface area contributed by atoms with Gasteiger partial charge in [-0.2, -0.15) is 5.10 Å². The lowest BCUT2D eigenvalue weighted by Crippen LogP contribution is -2.19. The van der Waals surface area contributed by atoms with Crippen LogP contribution in [-0.2, 0) is 9.53 Å². The molecule has 0 saturated carbocycles. The summed E-state index contributed by atoms with van der Waals surface area (Å²) >= 11 is 7.42. The van der Waals surface area contributed by atoms with E-state index in [4.69, 9.17) is 16.3 Å². The number of nitrogens with zero attached hydrogens (tertiary/aromatic N) is 2. The zero-order valence-corrected chi connectivity index (χ0v) is 16.1. The normalized spacial score (nSPS) is 11.1. The quantitative estimate of drug-likeness (QED) is 0.334. The lowest BCUT2D eigenvalue weighted by atomic mass is 10.3. The Bertz CT molecular complexity index is 944. The topological polar surface area (TPSA) is 75.6 Å². The number of halogens is 1. The summed E-state index contributed by atoms with van der Waals surface area (Å²) < 4.78 is 5.12. The molecule has 0 radical (unpaired) electrons. The van der Waals surface area contributed by atoms with Crippen LogP contribution in [0, 0.1) is 0 Å². The van der Waals surface area contributed by atoms with Gasteiger partial charge in [0, 0.05) is 5.69 Å². The zero-order chi connectivity index (χ0) is 19.1. The van der Waals surface area contributed by atoms with Crippen molar-refractivity contribution in [3.63, 3.8) is 0 Å². The third kappa shape index (κ3) is 5.06. The maximum Gasteiger partial charge on any atom is 0.360 e. The number of anilines is 3. The number of thiazole rings is 1. The molecule has 138 valence electrons. The number of nitrogens with one attached hydrogen (secondary N) is 2. The van der Waals surface area contributed by atoms with Crippen LogP contribution in [0.5, 0.6) is 0 Å². The highest BCUT2D eigenvalue weighted by Gasteiger charge is 2.19. The van der Waals surface area contributed by atoms with Gasteiger partial charge in [0.2, 0.25) is 0 Å². The van der Waals surface area contributed by atoms with Gasteiger partial charge in [0.15, 0.2) is 10.8 Å². The maximum absolute atomic E-state index is 12.3. The highest BCUT2D eigenvalue weighted by atomic mass is 35.5. The molecule has 0 spiro atoms. The highest BCUT2D eigenvalue weighted by molar-refractivity contribution is 7.18. The van der Waals surface area contributed by atoms with Crippen LogP contribution in [0.1, 0.15) is 11.8 Å². The molecule has 27 heavy (non-hydrogen) atoms. The number of hydrogen-bond donors (Lipinski definition) is 2. The van der Waals surface area contributed by atoms with Crippen molar-refractivity contribution in [2.24, 2.45) is 5.10 Å². The summed E-state index contributed by atoms with van der Waals surface area (Å²) in [5.74, 6) is -0.535. The van der Waals surface area contributed by atoms with Gasteiger partial charge in [-0.3, -0.25) is 5.43 Å². The summed E-state index contributed by atoms with van der Waals surface area (Å²) in [7, 11) is 0. The number of esters is 1. The van der Waals surface area contributed by atoms with Gasteiger partial charge in [-0.25, -0.2) is 9.78 Å². The molecule has 6 nitrogen and oxygen atoms in total. The van der Waals surface area contributed by atoms with Crippen molar-refractivity contribution in [3.8, 4) is 0 Å². The SMILES string of the molecule is CCOC(=O)/C(=N/Nc1ccccc1Cl)c1cnc(Nc2ccccc2)s1. The van der Waals surface area contributed by atoms with Crippen molar-refractivity contribution in [3.05, 3.63) is 70.7 Å². The predicted octanol–water partition coefficient (Wildman–Crippen LogP) is 4.92. The number of carbonyl (C=O) groups excluding carboxylic acids is 1. The van der Waals surface area contributed by atoms with Crippen LogP contribution in [0.2, 0.25) is 5.02 Å². The average molecular weight is 401 g/mol. The number of rotatable bonds is 7. The van der Waals surface area contributed by atoms with E-state index in [0.717, 1.165) is 5.69 Å². The van der Waals surface area contributed by atoms with Crippen molar-refractivity contribution in [1.82, 2.24) is 4.98 Å². The predicted molar refractivity (Wildman–Crippen MR) is 110 cm³/mol. The number of hydrazone groups is 1. The highest BCUT2D eigenvalue weighted by Crippen LogP contribution is 2.24. The van der Waals surface area contributed by atoms with E-state index >= 15 is 0 Å². The maximum atomic E-state index is 12.3. The molecular formula is C19H17ClN4O2S. The second-order valence-corrected chi connectivity index (χ2v) is 6.73. The standard InChI is InChI=1S/C19H17ClN4O2S/c1-2-26-18(25)17(24-23-15-11-7-6-10-14(15)20)16-12-21-19(27-16)22-13-8-4-3-5-9-13/h3-12,23H,2H2,1H3,(H,21,22)/b24-17+. The molecule has 0 amide bonds. The van der Waals surface area contributed by atoms with Gasteiger partial charge in [-0.05, 0) is 31.2 Å². The fraction of sp³-hybridized carbons (Fsp3) is 0.105. The average Bonchev–Trinajstić information content (AvgIpc) is 3.12. The van der Waals surface area contributed by atoms with Gasteiger partial charge >= 0.3 is 5.97 Å². The first-order valence-electron chi connectivity index (χ1n) is 8.21. The smallest absolute Gasteiger partial charge is 0.360 e. The third-order valence-electron chi connectivity index (χ3n) is 3.39. The third-order valence-corrected chi connectivity index (χ3v) is 4.64. The van der Waals surface area contributed by atoms with Crippen LogP contribution in [0.15, 0.2) is 65.9 Å². The van der Waals surface area contributed by atoms with Crippen molar-refractivity contribution in [2.75, 3.05) is 17.3 Å². The van der Waals surface area contributed by atoms with Crippen molar-refractivity contribution in [1.29, 1.82) is 0 Å². The second-order valence-electron chi connectivity index (χ2n) is 5.29. The molecule has 1 aromatic heterocycles. The molecule has 2 aromatic carbocycles. The number of hydrogen-bond acceptors (Lipinski definition) is 7. The number of carbonyl (C=O) groups is 1. The molecule has 0 aliphatic carbocycles. The molecule has 0 aliphatic rings. The van der Waals surface area contributed by atoms with Crippen LogP contribution in [0.3, 0.4) is 0 Å². The Kier molecular flexibility index (Phi) is 6.40.